The summed E-state index contributed by atoms with van der Waals surface area (Å²) in [7, 11) is 0. The highest BCUT2D eigenvalue weighted by atomic mass is 16.3. The third-order valence-electron chi connectivity index (χ3n) is 3.18. The molecule has 0 amide bonds. The summed E-state index contributed by atoms with van der Waals surface area (Å²) in [6.45, 7) is 0. The van der Waals surface area contributed by atoms with Crippen LogP contribution >= 0.6 is 0 Å². The Morgan fingerprint density at radius 3 is 2.37 bits per heavy atom. The van der Waals surface area contributed by atoms with E-state index >= 15 is 0 Å². The maximum atomic E-state index is 5.96. The van der Waals surface area contributed by atoms with Crippen molar-refractivity contribution in [2.24, 2.45) is 0 Å². The molecule has 0 saturated heterocycles. The van der Waals surface area contributed by atoms with E-state index in [1.165, 1.54) is 0 Å². The molecule has 0 saturated carbocycles. The SMILES string of the molecule is c1ccc(-c2cc3nnc4ccccc4c3o2)cc1. The Bertz CT molecular complexity index is 866. The van der Waals surface area contributed by atoms with Crippen molar-refractivity contribution in [2.75, 3.05) is 0 Å². The molecular formula is C16H10N2O. The smallest absolute Gasteiger partial charge is 0.164 e. The first-order valence-corrected chi connectivity index (χ1v) is 6.12. The molecule has 2 aromatic heterocycles. The van der Waals surface area contributed by atoms with Crippen LogP contribution in [0.5, 0.6) is 0 Å². The summed E-state index contributed by atoms with van der Waals surface area (Å²) >= 11 is 0. The average Bonchev–Trinajstić information content (AvgIpc) is 2.93. The van der Waals surface area contributed by atoms with Gasteiger partial charge in [0.1, 0.15) is 11.3 Å². The molecule has 0 radical (unpaired) electrons. The maximum absolute atomic E-state index is 5.96. The largest absolute Gasteiger partial charge is 0.454 e. The zero-order valence-electron chi connectivity index (χ0n) is 10.1. The molecule has 4 rings (SSSR count). The molecule has 4 aromatic rings. The highest BCUT2D eigenvalue weighted by Crippen LogP contribution is 2.30. The van der Waals surface area contributed by atoms with Crippen molar-refractivity contribution in [3.05, 3.63) is 60.7 Å². The number of benzene rings is 2. The predicted octanol–water partition coefficient (Wildman–Crippen LogP) is 4.04. The molecule has 0 aliphatic heterocycles. The molecule has 3 heteroatoms. The van der Waals surface area contributed by atoms with Gasteiger partial charge in [0.2, 0.25) is 0 Å². The fraction of sp³-hybridized carbons (Fsp3) is 0. The van der Waals surface area contributed by atoms with Crippen molar-refractivity contribution >= 4 is 22.0 Å². The van der Waals surface area contributed by atoms with E-state index in [1.807, 2.05) is 60.7 Å². The number of hydrogen-bond acceptors (Lipinski definition) is 3. The van der Waals surface area contributed by atoms with E-state index in [9.17, 15) is 0 Å². The quantitative estimate of drug-likeness (QED) is 0.508. The van der Waals surface area contributed by atoms with Gasteiger partial charge >= 0.3 is 0 Å². The van der Waals surface area contributed by atoms with Crippen LogP contribution in [-0.2, 0) is 0 Å². The molecular weight excluding hydrogens is 236 g/mol. The standard InChI is InChI=1S/C16H10N2O/c1-2-6-11(7-3-1)15-10-14-16(19-15)12-8-4-5-9-13(12)17-18-14/h1-10H. The van der Waals surface area contributed by atoms with Crippen LogP contribution in [0.2, 0.25) is 0 Å². The molecule has 19 heavy (non-hydrogen) atoms. The lowest BCUT2D eigenvalue weighted by molar-refractivity contribution is 0.634. The van der Waals surface area contributed by atoms with Crippen LogP contribution in [0.15, 0.2) is 65.1 Å². The maximum Gasteiger partial charge on any atom is 0.164 e. The third-order valence-corrected chi connectivity index (χ3v) is 3.18. The van der Waals surface area contributed by atoms with Gasteiger partial charge in [-0.25, -0.2) is 0 Å². The summed E-state index contributed by atoms with van der Waals surface area (Å²) in [5.41, 5.74) is 3.48. The molecule has 0 unspecified atom stereocenters. The monoisotopic (exact) mass is 246 g/mol. The van der Waals surface area contributed by atoms with E-state index in [1.54, 1.807) is 0 Å². The van der Waals surface area contributed by atoms with Crippen LogP contribution in [-0.4, -0.2) is 10.2 Å². The van der Waals surface area contributed by atoms with Crippen LogP contribution in [0.4, 0.5) is 0 Å². The Balaban J connectivity index is 2.04. The number of nitrogens with zero attached hydrogens (tertiary/aromatic N) is 2. The molecule has 0 aliphatic carbocycles. The second-order valence-corrected chi connectivity index (χ2v) is 4.41. The minimum Gasteiger partial charge on any atom is -0.454 e. The van der Waals surface area contributed by atoms with E-state index in [4.69, 9.17) is 4.42 Å². The second-order valence-electron chi connectivity index (χ2n) is 4.41. The summed E-state index contributed by atoms with van der Waals surface area (Å²) < 4.78 is 5.96. The molecule has 0 atom stereocenters. The molecule has 0 fully saturated rings. The number of fused-ring (bicyclic) bond motifs is 3. The van der Waals surface area contributed by atoms with Crippen molar-refractivity contribution in [3.63, 3.8) is 0 Å². The number of hydrogen-bond donors (Lipinski definition) is 0. The first kappa shape index (κ1) is 10.3. The van der Waals surface area contributed by atoms with Crippen LogP contribution in [0, 0.1) is 0 Å². The zero-order valence-corrected chi connectivity index (χ0v) is 10.1. The highest BCUT2D eigenvalue weighted by molar-refractivity contribution is 6.01. The van der Waals surface area contributed by atoms with Crippen molar-refractivity contribution in [2.45, 2.75) is 0 Å². The predicted molar refractivity (Wildman–Crippen MR) is 74.7 cm³/mol. The summed E-state index contributed by atoms with van der Waals surface area (Å²) in [5.74, 6) is 0.821. The summed E-state index contributed by atoms with van der Waals surface area (Å²) in [6.07, 6.45) is 0. The fourth-order valence-corrected chi connectivity index (χ4v) is 2.25. The molecule has 0 spiro atoms. The van der Waals surface area contributed by atoms with Crippen molar-refractivity contribution < 1.29 is 4.42 Å². The lowest BCUT2D eigenvalue weighted by Gasteiger charge is -1.96. The Hall–Kier alpha value is -2.68. The van der Waals surface area contributed by atoms with E-state index in [0.717, 1.165) is 33.3 Å². The van der Waals surface area contributed by atoms with Gasteiger partial charge < -0.3 is 4.42 Å². The second kappa shape index (κ2) is 3.92. The number of furan rings is 1. The highest BCUT2D eigenvalue weighted by Gasteiger charge is 2.10. The van der Waals surface area contributed by atoms with Gasteiger partial charge in [-0.05, 0) is 12.1 Å². The minimum atomic E-state index is 0.789. The van der Waals surface area contributed by atoms with Gasteiger partial charge in [-0.1, -0.05) is 42.5 Å². The first-order valence-electron chi connectivity index (χ1n) is 6.12. The minimum absolute atomic E-state index is 0.789. The van der Waals surface area contributed by atoms with Gasteiger partial charge in [-0.15, -0.1) is 10.2 Å². The van der Waals surface area contributed by atoms with Gasteiger partial charge in [0.25, 0.3) is 0 Å². The summed E-state index contributed by atoms with van der Waals surface area (Å²) in [6, 6.07) is 19.8. The molecule has 0 aliphatic rings. The lowest BCUT2D eigenvalue weighted by atomic mass is 10.2. The lowest BCUT2D eigenvalue weighted by Crippen LogP contribution is -1.83. The van der Waals surface area contributed by atoms with Crippen LogP contribution in [0.1, 0.15) is 0 Å². The van der Waals surface area contributed by atoms with Gasteiger partial charge in [0, 0.05) is 17.0 Å². The molecule has 3 nitrogen and oxygen atoms in total. The van der Waals surface area contributed by atoms with Crippen molar-refractivity contribution in [3.8, 4) is 11.3 Å². The normalized spacial score (nSPS) is 11.2. The third kappa shape index (κ3) is 1.59. The number of rotatable bonds is 1. The van der Waals surface area contributed by atoms with Gasteiger partial charge in [-0.2, -0.15) is 0 Å². The Morgan fingerprint density at radius 1 is 0.737 bits per heavy atom. The van der Waals surface area contributed by atoms with Gasteiger partial charge in [-0.3, -0.25) is 0 Å². The molecule has 90 valence electrons. The van der Waals surface area contributed by atoms with Crippen molar-refractivity contribution in [1.82, 2.24) is 10.2 Å². The van der Waals surface area contributed by atoms with Gasteiger partial charge in [0.15, 0.2) is 5.58 Å². The molecule has 2 heterocycles. The Morgan fingerprint density at radius 2 is 1.47 bits per heavy atom. The molecule has 2 aromatic carbocycles. The van der Waals surface area contributed by atoms with Crippen molar-refractivity contribution in [1.29, 1.82) is 0 Å². The fourth-order valence-electron chi connectivity index (χ4n) is 2.25. The van der Waals surface area contributed by atoms with E-state index in [-0.39, 0.29) is 0 Å². The van der Waals surface area contributed by atoms with Crippen LogP contribution in [0.25, 0.3) is 33.3 Å². The molecule has 0 N–H and O–H groups in total. The zero-order chi connectivity index (χ0) is 12.7. The summed E-state index contributed by atoms with van der Waals surface area (Å²) in [5, 5.41) is 9.41. The Labute approximate surface area is 109 Å². The molecule has 0 bridgehead atoms. The van der Waals surface area contributed by atoms with E-state index in [0.29, 0.717) is 0 Å². The topological polar surface area (TPSA) is 38.9 Å². The average molecular weight is 246 g/mol. The van der Waals surface area contributed by atoms with E-state index < -0.39 is 0 Å². The first-order chi connectivity index (χ1) is 9.42. The van der Waals surface area contributed by atoms with Crippen LogP contribution < -0.4 is 0 Å². The van der Waals surface area contributed by atoms with Gasteiger partial charge in [0.05, 0.1) is 5.52 Å². The number of aromatic nitrogens is 2. The van der Waals surface area contributed by atoms with Crippen LogP contribution in [0.3, 0.4) is 0 Å². The summed E-state index contributed by atoms with van der Waals surface area (Å²) in [4.78, 5) is 0. The van der Waals surface area contributed by atoms with E-state index in [2.05, 4.69) is 10.2 Å². The Kier molecular flexibility index (Phi) is 2.12.